The van der Waals surface area contributed by atoms with Gasteiger partial charge in [-0.2, -0.15) is 0 Å². The van der Waals surface area contributed by atoms with Crippen LogP contribution < -0.4 is 36.4 Å². The third kappa shape index (κ3) is 6.51. The molecule has 0 saturated heterocycles. The van der Waals surface area contributed by atoms with Crippen molar-refractivity contribution in [3.63, 3.8) is 0 Å². The number of nitrogens with zero attached hydrogens (tertiary/aromatic N) is 1. The van der Waals surface area contributed by atoms with Crippen molar-refractivity contribution >= 4 is 68.8 Å². The summed E-state index contributed by atoms with van der Waals surface area (Å²) in [4.78, 5) is 0. The molecule has 11 aromatic rings. The van der Waals surface area contributed by atoms with Gasteiger partial charge in [0.15, 0.2) is 8.07 Å². The molecule has 3 nitrogen and oxygen atoms in total. The summed E-state index contributed by atoms with van der Waals surface area (Å²) in [7, 11) is -0.534. The maximum Gasteiger partial charge on any atom is 0.202 e. The van der Waals surface area contributed by atoms with E-state index in [1.54, 1.807) is 0 Å². The van der Waals surface area contributed by atoms with Gasteiger partial charge in [-0.1, -0.05) is 200 Å². The number of fused-ring (bicyclic) bond motifs is 5. The Hall–Kier alpha value is -8.12. The second-order valence-electron chi connectivity index (χ2n) is 16.8. The predicted octanol–water partition coefficient (Wildman–Crippen LogP) is 10.6. The first-order valence-electron chi connectivity index (χ1n) is 22.1. The fourth-order valence-corrected chi connectivity index (χ4v) is 15.0. The van der Waals surface area contributed by atoms with E-state index in [2.05, 4.69) is 230 Å². The van der Waals surface area contributed by atoms with Gasteiger partial charge in [-0.25, -0.2) is 0 Å². The molecule has 0 fully saturated rings. The van der Waals surface area contributed by atoms with E-state index in [1.165, 1.54) is 42.6 Å². The maximum absolute atomic E-state index is 11.9. The van der Waals surface area contributed by atoms with Crippen LogP contribution in [0.2, 0.25) is 0 Å². The Labute approximate surface area is 380 Å². The number of hydrogen-bond acceptors (Lipinski definition) is 2. The molecule has 1 aliphatic rings. The number of hydrogen-bond donors (Lipinski definition) is 1. The van der Waals surface area contributed by atoms with E-state index in [1.807, 2.05) is 24.3 Å². The largest absolute Gasteiger partial charge is 0.507 e. The lowest BCUT2D eigenvalue weighted by atomic mass is 9.59. The van der Waals surface area contributed by atoms with Crippen LogP contribution in [0.1, 0.15) is 0 Å². The van der Waals surface area contributed by atoms with Gasteiger partial charge in [0.05, 0.1) is 11.0 Å². The maximum atomic E-state index is 11.9. The van der Waals surface area contributed by atoms with Crippen molar-refractivity contribution in [3.8, 4) is 56.3 Å². The summed E-state index contributed by atoms with van der Waals surface area (Å²) in [6.07, 6.45) is 0. The van der Waals surface area contributed by atoms with Crippen molar-refractivity contribution in [3.05, 3.63) is 243 Å². The third-order valence-electron chi connectivity index (χ3n) is 13.2. The minimum Gasteiger partial charge on any atom is -0.507 e. The zero-order valence-corrected chi connectivity index (χ0v) is 36.5. The average molecular weight is 847 g/mol. The molecule has 0 bridgehead atoms. The lowest BCUT2D eigenvalue weighted by Crippen LogP contribution is -2.74. The molecular formula is C60H41BNO2Si. The van der Waals surface area contributed by atoms with Gasteiger partial charge in [0.1, 0.15) is 17.2 Å². The van der Waals surface area contributed by atoms with Crippen LogP contribution in [-0.2, 0) is 0 Å². The Morgan fingerprint density at radius 1 is 0.385 bits per heavy atom. The molecule has 65 heavy (non-hydrogen) atoms. The number of phenols is 1. The highest BCUT2D eigenvalue weighted by atomic mass is 28.3. The molecule has 0 saturated carbocycles. The molecule has 305 valence electrons. The van der Waals surface area contributed by atoms with Crippen LogP contribution in [0.15, 0.2) is 243 Å². The van der Waals surface area contributed by atoms with Crippen molar-refractivity contribution in [2.45, 2.75) is 0 Å². The summed E-state index contributed by atoms with van der Waals surface area (Å²) in [5.41, 5.74) is 11.3. The van der Waals surface area contributed by atoms with Crippen LogP contribution in [-0.4, -0.2) is 25.0 Å². The molecule has 0 aliphatic carbocycles. The van der Waals surface area contributed by atoms with Crippen molar-refractivity contribution in [2.24, 2.45) is 0 Å². The Kier molecular flexibility index (Phi) is 9.43. The standard InChI is InChI=1S/C60H41BNO2Si/c63-57-40-44(42-18-15-26-49(38-42)65(46-20-4-1-5-21-46,47-22-6-2-7-23-47)48-24-8-3-9-25-48)33-35-52(57)53-29-16-32-59-60(53)61-54-39-43(34-36-58(54)64-59)41-17-14-19-45(37-41)62-55-30-12-10-27-50(55)51-28-11-13-31-56(51)62/h1-40,63H. The zero-order valence-electron chi connectivity index (χ0n) is 35.5. The first-order valence-corrected chi connectivity index (χ1v) is 24.1. The van der Waals surface area contributed by atoms with Crippen molar-refractivity contribution in [2.75, 3.05) is 0 Å². The Morgan fingerprint density at radius 2 is 0.908 bits per heavy atom. The van der Waals surface area contributed by atoms with Crippen LogP contribution in [0.5, 0.6) is 17.2 Å². The molecule has 2 heterocycles. The molecule has 1 aromatic heterocycles. The molecule has 5 heteroatoms. The smallest absolute Gasteiger partial charge is 0.202 e. The minimum atomic E-state index is -2.73. The molecule has 0 spiro atoms. The van der Waals surface area contributed by atoms with E-state index in [0.717, 1.165) is 61.5 Å². The van der Waals surface area contributed by atoms with Gasteiger partial charge in [0, 0.05) is 22.0 Å². The molecule has 1 radical (unpaired) electrons. The van der Waals surface area contributed by atoms with E-state index < -0.39 is 8.07 Å². The number of aromatic nitrogens is 1. The fraction of sp³-hybridized carbons (Fsp3) is 0. The van der Waals surface area contributed by atoms with Gasteiger partial charge in [-0.3, -0.25) is 0 Å². The second kappa shape index (κ2) is 15.9. The van der Waals surface area contributed by atoms with Crippen molar-refractivity contribution in [1.29, 1.82) is 0 Å². The van der Waals surface area contributed by atoms with Gasteiger partial charge < -0.3 is 14.4 Å². The predicted molar refractivity (Wildman–Crippen MR) is 274 cm³/mol. The van der Waals surface area contributed by atoms with Gasteiger partial charge in [0.25, 0.3) is 0 Å². The first kappa shape index (κ1) is 38.5. The topological polar surface area (TPSA) is 34.4 Å². The summed E-state index contributed by atoms with van der Waals surface area (Å²) < 4.78 is 8.94. The van der Waals surface area contributed by atoms with E-state index in [-0.39, 0.29) is 5.75 Å². The summed E-state index contributed by atoms with van der Waals surface area (Å²) in [5.74, 6) is 1.78. The molecule has 1 N–H and O–H groups in total. The van der Waals surface area contributed by atoms with Crippen LogP contribution in [0.4, 0.5) is 0 Å². The summed E-state index contributed by atoms with van der Waals surface area (Å²) >= 11 is 0. The highest BCUT2D eigenvalue weighted by Gasteiger charge is 2.41. The van der Waals surface area contributed by atoms with Crippen molar-refractivity contribution in [1.82, 2.24) is 4.57 Å². The molecular weight excluding hydrogens is 806 g/mol. The molecule has 0 unspecified atom stereocenters. The van der Waals surface area contributed by atoms with Crippen LogP contribution in [0.25, 0.3) is 60.9 Å². The Bertz CT molecular complexity index is 3420. The average Bonchev–Trinajstić information content (AvgIpc) is 3.71. The first-order chi connectivity index (χ1) is 32.1. The molecule has 1 aliphatic heterocycles. The molecule has 10 aromatic carbocycles. The number of ether oxygens (including phenoxy) is 1. The van der Waals surface area contributed by atoms with Crippen LogP contribution >= 0.6 is 0 Å². The quantitative estimate of drug-likeness (QED) is 0.122. The lowest BCUT2D eigenvalue weighted by molar-refractivity contribution is 0.477. The molecule has 0 atom stereocenters. The normalized spacial score (nSPS) is 12.0. The minimum absolute atomic E-state index is 0.216. The van der Waals surface area contributed by atoms with Gasteiger partial charge in [0.2, 0.25) is 7.28 Å². The van der Waals surface area contributed by atoms with Gasteiger partial charge in [-0.15, -0.1) is 0 Å². The summed E-state index contributed by atoms with van der Waals surface area (Å²) in [6.45, 7) is 0. The number of benzene rings is 10. The van der Waals surface area contributed by atoms with Gasteiger partial charge >= 0.3 is 0 Å². The van der Waals surface area contributed by atoms with Gasteiger partial charge in [-0.05, 0) is 102 Å². The number of aromatic hydroxyl groups is 1. The zero-order chi connectivity index (χ0) is 43.3. The van der Waals surface area contributed by atoms with Crippen LogP contribution in [0, 0.1) is 0 Å². The fourth-order valence-electron chi connectivity index (χ4n) is 10.2. The number of para-hydroxylation sites is 2. The van der Waals surface area contributed by atoms with Crippen molar-refractivity contribution < 1.29 is 9.84 Å². The van der Waals surface area contributed by atoms with E-state index in [4.69, 9.17) is 4.74 Å². The van der Waals surface area contributed by atoms with E-state index in [9.17, 15) is 5.11 Å². The number of phenolic OH excluding ortho intramolecular Hbond substituents is 1. The monoisotopic (exact) mass is 846 g/mol. The summed E-state index contributed by atoms with van der Waals surface area (Å²) in [5, 5.41) is 19.7. The highest BCUT2D eigenvalue weighted by molar-refractivity contribution is 7.19. The molecule has 0 amide bonds. The third-order valence-corrected chi connectivity index (χ3v) is 17.9. The Morgan fingerprint density at radius 3 is 1.55 bits per heavy atom. The number of rotatable bonds is 8. The lowest BCUT2D eigenvalue weighted by Gasteiger charge is -2.34. The Balaban J connectivity index is 0.890. The molecule has 12 rings (SSSR count). The summed E-state index contributed by atoms with van der Waals surface area (Å²) in [6, 6.07) is 86.4. The SMILES string of the molecule is Oc1cc(-c2cccc([Si](c3ccccc3)(c3ccccc3)c3ccccc3)c2)ccc1-c1cccc2c1[B]c1cc(-c3cccc(-n4c5ccccc5c5ccccc54)c3)ccc1O2. The highest BCUT2D eigenvalue weighted by Crippen LogP contribution is 2.37. The second-order valence-corrected chi connectivity index (χ2v) is 20.6. The van der Waals surface area contributed by atoms with Crippen LogP contribution in [0.3, 0.4) is 0 Å². The van der Waals surface area contributed by atoms with E-state index in [0.29, 0.717) is 0 Å². The van der Waals surface area contributed by atoms with E-state index >= 15 is 0 Å².